The molecule has 0 aliphatic carbocycles. The number of halogens is 5. The lowest BCUT2D eigenvalue weighted by Gasteiger charge is -2.24. The van der Waals surface area contributed by atoms with E-state index in [1.54, 1.807) is 0 Å². The quantitative estimate of drug-likeness (QED) is 0.465. The molecule has 1 aromatic carbocycles. The van der Waals surface area contributed by atoms with Crippen LogP contribution < -0.4 is 0 Å². The fraction of sp³-hybridized carbons (Fsp3) is 0.273. The van der Waals surface area contributed by atoms with E-state index in [0.29, 0.717) is 0 Å². The maximum absolute atomic E-state index is 14.0. The van der Waals surface area contributed by atoms with E-state index in [4.69, 9.17) is 10.5 Å². The largest absolute Gasteiger partial charge is 0.387 e. The Morgan fingerprint density at radius 1 is 1.05 bits per heavy atom. The van der Waals surface area contributed by atoms with Crippen LogP contribution in [0.4, 0.5) is 22.0 Å². The van der Waals surface area contributed by atoms with Gasteiger partial charge in [0.1, 0.15) is 13.1 Å². The Balaban J connectivity index is 3.49. The molecule has 0 saturated heterocycles. The van der Waals surface area contributed by atoms with Crippen LogP contribution in [0.2, 0.25) is 0 Å². The molecule has 118 valence electrons. The molecule has 0 aromatic heterocycles. The minimum Gasteiger partial charge on any atom is -0.205 e. The van der Waals surface area contributed by atoms with Crippen molar-refractivity contribution in [1.29, 1.82) is 10.5 Å². The summed E-state index contributed by atoms with van der Waals surface area (Å²) in [5, 5.41) is 11.8. The van der Waals surface area contributed by atoms with E-state index in [1.807, 2.05) is 0 Å². The Hall–Kier alpha value is -2.24. The molecule has 0 spiro atoms. The van der Waals surface area contributed by atoms with Gasteiger partial charge in [-0.05, 0) is 12.1 Å². The second kappa shape index (κ2) is 6.25. The monoisotopic (exact) mass is 339 g/mol. The standard InChI is InChI=1S/C11H6F5N3O2S/c12-8-2-1-7(9(13)10(8)14)11(15,16)22(20,21)19(5-3-17)6-4-18/h1-2H,5-6H2. The molecule has 0 aliphatic heterocycles. The van der Waals surface area contributed by atoms with Crippen molar-refractivity contribution in [3.05, 3.63) is 35.1 Å². The fourth-order valence-corrected chi connectivity index (χ4v) is 2.65. The molecular weight excluding hydrogens is 333 g/mol. The first kappa shape index (κ1) is 17.8. The van der Waals surface area contributed by atoms with Gasteiger partial charge in [-0.3, -0.25) is 0 Å². The van der Waals surface area contributed by atoms with Crippen LogP contribution in [0.1, 0.15) is 5.56 Å². The lowest BCUT2D eigenvalue weighted by molar-refractivity contribution is 0.0776. The van der Waals surface area contributed by atoms with E-state index in [9.17, 15) is 30.4 Å². The summed E-state index contributed by atoms with van der Waals surface area (Å²) in [6.45, 7) is -2.20. The molecule has 0 radical (unpaired) electrons. The summed E-state index contributed by atoms with van der Waals surface area (Å²) in [6, 6.07) is 2.71. The molecule has 22 heavy (non-hydrogen) atoms. The van der Waals surface area contributed by atoms with Gasteiger partial charge in [-0.15, -0.1) is 0 Å². The third kappa shape index (κ3) is 2.86. The highest BCUT2D eigenvalue weighted by molar-refractivity contribution is 7.89. The zero-order valence-corrected chi connectivity index (χ0v) is 11.3. The summed E-state index contributed by atoms with van der Waals surface area (Å²) in [7, 11) is -5.70. The van der Waals surface area contributed by atoms with Gasteiger partial charge in [0.15, 0.2) is 17.5 Å². The van der Waals surface area contributed by atoms with Gasteiger partial charge < -0.3 is 0 Å². The SMILES string of the molecule is N#CCN(CC#N)S(=O)(=O)C(F)(F)c1ccc(F)c(F)c1F. The third-order valence-corrected chi connectivity index (χ3v) is 4.31. The number of alkyl halides is 2. The lowest BCUT2D eigenvalue weighted by atomic mass is 10.2. The average molecular weight is 339 g/mol. The van der Waals surface area contributed by atoms with E-state index in [2.05, 4.69) is 0 Å². The van der Waals surface area contributed by atoms with Gasteiger partial charge in [0.05, 0.1) is 17.7 Å². The first-order valence-corrected chi connectivity index (χ1v) is 6.80. The highest BCUT2D eigenvalue weighted by Crippen LogP contribution is 2.38. The molecule has 0 unspecified atom stereocenters. The Labute approximate surface area is 121 Å². The molecule has 1 rings (SSSR count). The maximum atomic E-state index is 14.0. The summed E-state index contributed by atoms with van der Waals surface area (Å²) < 4.78 is 90.6. The minimum absolute atomic E-state index is 0.0717. The van der Waals surface area contributed by atoms with Gasteiger partial charge >= 0.3 is 5.25 Å². The fourth-order valence-electron chi connectivity index (χ4n) is 1.44. The zero-order chi connectivity index (χ0) is 17.1. The summed E-state index contributed by atoms with van der Waals surface area (Å²) in [5.74, 6) is -6.41. The van der Waals surface area contributed by atoms with Crippen molar-refractivity contribution in [3.63, 3.8) is 0 Å². The molecule has 0 atom stereocenters. The number of benzene rings is 1. The second-order valence-corrected chi connectivity index (χ2v) is 5.81. The van der Waals surface area contributed by atoms with Gasteiger partial charge in [0.25, 0.3) is 10.0 Å². The Morgan fingerprint density at radius 2 is 1.55 bits per heavy atom. The van der Waals surface area contributed by atoms with Gasteiger partial charge in [-0.2, -0.15) is 23.6 Å². The number of hydrogen-bond acceptors (Lipinski definition) is 4. The molecule has 0 fully saturated rings. The molecule has 1 aromatic rings. The summed E-state index contributed by atoms with van der Waals surface area (Å²) in [4.78, 5) is 0. The van der Waals surface area contributed by atoms with Gasteiger partial charge in [0.2, 0.25) is 0 Å². The van der Waals surface area contributed by atoms with Crippen molar-refractivity contribution in [2.75, 3.05) is 13.1 Å². The van der Waals surface area contributed by atoms with Crippen molar-refractivity contribution in [1.82, 2.24) is 4.31 Å². The molecular formula is C11H6F5N3O2S. The molecule has 0 saturated carbocycles. The second-order valence-electron chi connectivity index (χ2n) is 3.83. The predicted molar refractivity (Wildman–Crippen MR) is 61.9 cm³/mol. The number of hydrogen-bond donors (Lipinski definition) is 0. The smallest absolute Gasteiger partial charge is 0.205 e. The molecule has 0 bridgehead atoms. The van der Waals surface area contributed by atoms with Crippen LogP contribution in [0, 0.1) is 40.1 Å². The number of sulfonamides is 1. The minimum atomic E-state index is -5.70. The highest BCUT2D eigenvalue weighted by Gasteiger charge is 2.52. The van der Waals surface area contributed by atoms with Gasteiger partial charge in [-0.25, -0.2) is 21.6 Å². The van der Waals surface area contributed by atoms with E-state index in [-0.39, 0.29) is 16.4 Å². The van der Waals surface area contributed by atoms with E-state index >= 15 is 0 Å². The molecule has 0 amide bonds. The average Bonchev–Trinajstić information content (AvgIpc) is 2.44. The molecule has 0 heterocycles. The molecule has 5 nitrogen and oxygen atoms in total. The van der Waals surface area contributed by atoms with Crippen molar-refractivity contribution in [2.45, 2.75) is 5.25 Å². The molecule has 11 heteroatoms. The van der Waals surface area contributed by atoms with Crippen molar-refractivity contribution < 1.29 is 30.4 Å². The zero-order valence-electron chi connectivity index (χ0n) is 10.5. The summed E-state index contributed by atoms with van der Waals surface area (Å²) in [5.41, 5.74) is -1.92. The lowest BCUT2D eigenvalue weighted by Crippen LogP contribution is -2.42. The Kier molecular flexibility index (Phi) is 5.06. The summed E-state index contributed by atoms with van der Waals surface area (Å²) >= 11 is 0. The van der Waals surface area contributed by atoms with Crippen molar-refractivity contribution in [2.24, 2.45) is 0 Å². The normalized spacial score (nSPS) is 12.0. The van der Waals surface area contributed by atoms with Crippen LogP contribution in [0.3, 0.4) is 0 Å². The molecule has 0 aliphatic rings. The predicted octanol–water partition coefficient (Wildman–Crippen LogP) is 1.83. The summed E-state index contributed by atoms with van der Waals surface area (Å²) in [6.07, 6.45) is 0. The van der Waals surface area contributed by atoms with Crippen LogP contribution >= 0.6 is 0 Å². The number of rotatable bonds is 5. The van der Waals surface area contributed by atoms with E-state index in [0.717, 1.165) is 0 Å². The first-order valence-electron chi connectivity index (χ1n) is 5.36. The van der Waals surface area contributed by atoms with Crippen LogP contribution in [-0.2, 0) is 15.3 Å². The Bertz CT molecular complexity index is 751. The van der Waals surface area contributed by atoms with Crippen LogP contribution in [0.25, 0.3) is 0 Å². The van der Waals surface area contributed by atoms with Crippen molar-refractivity contribution >= 4 is 10.0 Å². The van der Waals surface area contributed by atoms with Crippen molar-refractivity contribution in [3.8, 4) is 12.1 Å². The van der Waals surface area contributed by atoms with E-state index in [1.165, 1.54) is 12.1 Å². The first-order chi connectivity index (χ1) is 10.1. The topological polar surface area (TPSA) is 85.0 Å². The van der Waals surface area contributed by atoms with Crippen LogP contribution in [-0.4, -0.2) is 25.8 Å². The Morgan fingerprint density at radius 3 is 2.00 bits per heavy atom. The van der Waals surface area contributed by atoms with Crippen LogP contribution in [0.5, 0.6) is 0 Å². The van der Waals surface area contributed by atoms with E-state index < -0.39 is 51.4 Å². The third-order valence-electron chi connectivity index (χ3n) is 2.51. The molecule has 0 N–H and O–H groups in total. The maximum Gasteiger partial charge on any atom is 0.387 e. The van der Waals surface area contributed by atoms with Gasteiger partial charge in [-0.1, -0.05) is 0 Å². The van der Waals surface area contributed by atoms with Gasteiger partial charge in [0, 0.05) is 0 Å². The number of nitriles is 2. The van der Waals surface area contributed by atoms with Crippen LogP contribution in [0.15, 0.2) is 12.1 Å². The highest BCUT2D eigenvalue weighted by atomic mass is 32.2. The number of nitrogens with zero attached hydrogens (tertiary/aromatic N) is 3.